The Bertz CT molecular complexity index is 597. The first-order valence-corrected chi connectivity index (χ1v) is 7.90. The molecule has 0 bridgehead atoms. The Morgan fingerprint density at radius 3 is 2.90 bits per heavy atom. The van der Waals surface area contributed by atoms with E-state index in [-0.39, 0.29) is 0 Å². The highest BCUT2D eigenvalue weighted by atomic mass is 32.1. The van der Waals surface area contributed by atoms with Gasteiger partial charge in [0.2, 0.25) is 0 Å². The third-order valence-electron chi connectivity index (χ3n) is 3.57. The predicted octanol–water partition coefficient (Wildman–Crippen LogP) is 3.30. The topological polar surface area (TPSA) is 47.0 Å². The molecule has 1 N–H and O–H groups in total. The van der Waals surface area contributed by atoms with Crippen LogP contribution in [0, 0.1) is 0 Å². The van der Waals surface area contributed by atoms with Crippen LogP contribution in [0.15, 0.2) is 18.2 Å². The van der Waals surface area contributed by atoms with Gasteiger partial charge in [-0.1, -0.05) is 37.3 Å². The molecule has 5 heteroatoms. The predicted molar refractivity (Wildman–Crippen MR) is 80.5 cm³/mol. The third-order valence-corrected chi connectivity index (χ3v) is 4.65. The van der Waals surface area contributed by atoms with Crippen molar-refractivity contribution in [2.24, 2.45) is 0 Å². The molecule has 0 spiro atoms. The number of rotatable bonds is 5. The number of hydrogen-bond acceptors (Lipinski definition) is 5. The molecule has 0 amide bonds. The van der Waals surface area contributed by atoms with Crippen LogP contribution in [-0.2, 0) is 18.0 Å². The summed E-state index contributed by atoms with van der Waals surface area (Å²) in [5.74, 6) is 0. The number of hydrogen-bond donors (Lipinski definition) is 1. The lowest BCUT2D eigenvalue weighted by atomic mass is 10.1. The largest absolute Gasteiger partial charge is 0.372 e. The van der Waals surface area contributed by atoms with Gasteiger partial charge in [0.15, 0.2) is 0 Å². The summed E-state index contributed by atoms with van der Waals surface area (Å²) in [5.41, 5.74) is 3.71. The van der Waals surface area contributed by atoms with Gasteiger partial charge in [-0.3, -0.25) is 0 Å². The Kier molecular flexibility index (Phi) is 4.10. The molecule has 0 radical (unpaired) electrons. The Labute approximate surface area is 123 Å². The van der Waals surface area contributed by atoms with Crippen LogP contribution in [0.3, 0.4) is 0 Å². The molecule has 20 heavy (non-hydrogen) atoms. The first kappa shape index (κ1) is 13.7. The smallest absolute Gasteiger partial charge is 0.147 e. The summed E-state index contributed by atoms with van der Waals surface area (Å²) in [6, 6.07) is 6.75. The summed E-state index contributed by atoms with van der Waals surface area (Å²) in [7, 11) is 0. The van der Waals surface area contributed by atoms with E-state index in [1.54, 1.807) is 11.3 Å². The Balaban J connectivity index is 1.86. The van der Waals surface area contributed by atoms with Crippen LogP contribution in [0.4, 0.5) is 0 Å². The van der Waals surface area contributed by atoms with Gasteiger partial charge in [0.05, 0.1) is 19.3 Å². The third kappa shape index (κ3) is 2.61. The van der Waals surface area contributed by atoms with Crippen molar-refractivity contribution in [3.05, 3.63) is 34.3 Å². The van der Waals surface area contributed by atoms with Gasteiger partial charge in [-0.15, -0.1) is 10.2 Å². The molecule has 0 aliphatic carbocycles. The molecule has 2 heterocycles. The lowest BCUT2D eigenvalue weighted by molar-refractivity contribution is 0.134. The summed E-state index contributed by atoms with van der Waals surface area (Å²) in [6.07, 6.45) is 1.03. The van der Waals surface area contributed by atoms with Crippen LogP contribution in [0.2, 0.25) is 0 Å². The van der Waals surface area contributed by atoms with Gasteiger partial charge in [0, 0.05) is 5.56 Å². The summed E-state index contributed by atoms with van der Waals surface area (Å²) < 4.78 is 5.46. The second kappa shape index (κ2) is 5.99. The van der Waals surface area contributed by atoms with E-state index in [0.29, 0.717) is 12.6 Å². The van der Waals surface area contributed by atoms with E-state index in [9.17, 15) is 0 Å². The molecule has 0 saturated heterocycles. The number of nitrogens with zero attached hydrogens (tertiary/aromatic N) is 2. The number of aromatic nitrogens is 2. The fourth-order valence-electron chi connectivity index (χ4n) is 2.45. The quantitative estimate of drug-likeness (QED) is 0.917. The van der Waals surface area contributed by atoms with E-state index >= 15 is 0 Å². The number of benzene rings is 1. The van der Waals surface area contributed by atoms with E-state index in [0.717, 1.165) is 35.2 Å². The van der Waals surface area contributed by atoms with E-state index in [1.807, 2.05) is 0 Å². The molecule has 1 aliphatic heterocycles. The van der Waals surface area contributed by atoms with Gasteiger partial charge in [-0.25, -0.2) is 0 Å². The lowest BCUT2D eigenvalue weighted by Gasteiger charge is -2.10. The standard InChI is InChI=1S/C15H19N3OS/c1-3-13(16-4-2)15-18-17-14(20-15)10-5-6-11-8-19-9-12(11)7-10/h5-7,13,16H,3-4,8-9H2,1-2H3. The average Bonchev–Trinajstić information content (AvgIpc) is 3.12. The van der Waals surface area contributed by atoms with Gasteiger partial charge >= 0.3 is 0 Å². The fourth-order valence-corrected chi connectivity index (χ4v) is 3.45. The van der Waals surface area contributed by atoms with Crippen molar-refractivity contribution in [2.75, 3.05) is 6.54 Å². The van der Waals surface area contributed by atoms with Gasteiger partial charge in [0.25, 0.3) is 0 Å². The normalized spacial score (nSPS) is 15.3. The van der Waals surface area contributed by atoms with Gasteiger partial charge in [-0.05, 0) is 30.2 Å². The molecule has 1 atom stereocenters. The number of ether oxygens (including phenoxy) is 1. The molecule has 3 rings (SSSR count). The maximum Gasteiger partial charge on any atom is 0.147 e. The molecule has 1 unspecified atom stereocenters. The molecule has 1 aromatic heterocycles. The minimum absolute atomic E-state index is 0.309. The highest BCUT2D eigenvalue weighted by Crippen LogP contribution is 2.31. The zero-order valence-corrected chi connectivity index (χ0v) is 12.7. The zero-order chi connectivity index (χ0) is 13.9. The monoisotopic (exact) mass is 289 g/mol. The van der Waals surface area contributed by atoms with Crippen LogP contribution < -0.4 is 5.32 Å². The van der Waals surface area contributed by atoms with E-state index < -0.39 is 0 Å². The van der Waals surface area contributed by atoms with Gasteiger partial charge < -0.3 is 10.1 Å². The van der Waals surface area contributed by atoms with Crippen LogP contribution in [0.1, 0.15) is 42.4 Å². The van der Waals surface area contributed by atoms with Crippen LogP contribution in [-0.4, -0.2) is 16.7 Å². The SMILES string of the molecule is CCNC(CC)c1nnc(-c2ccc3c(c2)COC3)s1. The summed E-state index contributed by atoms with van der Waals surface area (Å²) in [4.78, 5) is 0. The Morgan fingerprint density at radius 1 is 1.25 bits per heavy atom. The highest BCUT2D eigenvalue weighted by Gasteiger charge is 2.17. The summed E-state index contributed by atoms with van der Waals surface area (Å²) in [6.45, 7) is 6.68. The minimum Gasteiger partial charge on any atom is -0.372 e. The fraction of sp³-hybridized carbons (Fsp3) is 0.467. The van der Waals surface area contributed by atoms with Gasteiger partial charge in [0.1, 0.15) is 10.0 Å². The van der Waals surface area contributed by atoms with Crippen molar-refractivity contribution in [2.45, 2.75) is 39.5 Å². The Hall–Kier alpha value is -1.30. The van der Waals surface area contributed by atoms with E-state index in [4.69, 9.17) is 4.74 Å². The molecule has 0 fully saturated rings. The molecular weight excluding hydrogens is 270 g/mol. The van der Waals surface area contributed by atoms with Crippen molar-refractivity contribution in [1.29, 1.82) is 0 Å². The lowest BCUT2D eigenvalue weighted by Crippen LogP contribution is -2.19. The first-order valence-electron chi connectivity index (χ1n) is 7.08. The van der Waals surface area contributed by atoms with Crippen LogP contribution in [0.25, 0.3) is 10.6 Å². The van der Waals surface area contributed by atoms with Crippen molar-refractivity contribution in [3.8, 4) is 10.6 Å². The molecule has 106 valence electrons. The van der Waals surface area contributed by atoms with E-state index in [1.165, 1.54) is 11.1 Å². The zero-order valence-electron chi connectivity index (χ0n) is 11.8. The minimum atomic E-state index is 0.309. The number of nitrogens with one attached hydrogen (secondary N) is 1. The molecule has 2 aromatic rings. The molecule has 4 nitrogen and oxygen atoms in total. The first-order chi connectivity index (χ1) is 9.81. The van der Waals surface area contributed by atoms with Crippen LogP contribution in [0.5, 0.6) is 0 Å². The molecule has 0 saturated carbocycles. The highest BCUT2D eigenvalue weighted by molar-refractivity contribution is 7.14. The maximum atomic E-state index is 5.46. The Morgan fingerprint density at radius 2 is 2.10 bits per heavy atom. The molecule has 1 aromatic carbocycles. The van der Waals surface area contributed by atoms with Crippen molar-refractivity contribution >= 4 is 11.3 Å². The van der Waals surface area contributed by atoms with Gasteiger partial charge in [-0.2, -0.15) is 0 Å². The maximum absolute atomic E-state index is 5.46. The van der Waals surface area contributed by atoms with Crippen molar-refractivity contribution < 1.29 is 4.74 Å². The summed E-state index contributed by atoms with van der Waals surface area (Å²) in [5, 5.41) is 14.2. The number of fused-ring (bicyclic) bond motifs is 1. The second-order valence-corrected chi connectivity index (χ2v) is 5.95. The molecular formula is C15H19N3OS. The van der Waals surface area contributed by atoms with Crippen molar-refractivity contribution in [3.63, 3.8) is 0 Å². The average molecular weight is 289 g/mol. The second-order valence-electron chi connectivity index (χ2n) is 4.94. The van der Waals surface area contributed by atoms with E-state index in [2.05, 4.69) is 47.6 Å². The van der Waals surface area contributed by atoms with Crippen molar-refractivity contribution in [1.82, 2.24) is 15.5 Å². The molecule has 1 aliphatic rings. The van der Waals surface area contributed by atoms with Crippen LogP contribution >= 0.6 is 11.3 Å². The summed E-state index contributed by atoms with van der Waals surface area (Å²) >= 11 is 1.68.